The topological polar surface area (TPSA) is 119 Å². The number of carbonyl (C=O) groups is 2. The molecule has 2 atom stereocenters. The number of aromatic carboxylic acids is 1. The first-order valence-corrected chi connectivity index (χ1v) is 8.31. The Morgan fingerprint density at radius 2 is 1.96 bits per heavy atom. The highest BCUT2D eigenvalue weighted by atomic mass is 16.6. The van der Waals surface area contributed by atoms with Gasteiger partial charge in [-0.15, -0.1) is 0 Å². The molecule has 0 spiro atoms. The molecule has 0 aromatic heterocycles. The zero-order valence-corrected chi connectivity index (χ0v) is 14.1. The van der Waals surface area contributed by atoms with Gasteiger partial charge >= 0.3 is 5.97 Å². The number of non-ortho nitro benzene ring substituents is 1. The normalized spacial score (nSPS) is 20.0. The Morgan fingerprint density at radius 1 is 1.28 bits per heavy atom. The number of benzene rings is 1. The second-order valence-corrected chi connectivity index (χ2v) is 6.26. The molecular weight excluding hydrogens is 328 g/mol. The number of nitro benzene ring substituents is 1. The van der Waals surface area contributed by atoms with Gasteiger partial charge in [0, 0.05) is 24.2 Å². The fourth-order valence-corrected chi connectivity index (χ4v) is 2.98. The maximum atomic E-state index is 12.1. The van der Waals surface area contributed by atoms with Gasteiger partial charge in [-0.05, 0) is 24.8 Å². The molecule has 2 rings (SSSR count). The third-order valence-electron chi connectivity index (χ3n) is 4.39. The zero-order chi connectivity index (χ0) is 18.4. The van der Waals surface area contributed by atoms with Gasteiger partial charge in [0.1, 0.15) is 0 Å². The number of ether oxygens (including phenoxy) is 1. The highest BCUT2D eigenvalue weighted by Crippen LogP contribution is 2.26. The van der Waals surface area contributed by atoms with Gasteiger partial charge in [-0.25, -0.2) is 4.79 Å². The minimum atomic E-state index is -1.33. The van der Waals surface area contributed by atoms with Crippen LogP contribution in [0.15, 0.2) is 18.2 Å². The Balaban J connectivity index is 1.91. The molecule has 0 heterocycles. The van der Waals surface area contributed by atoms with Crippen LogP contribution < -0.4 is 5.32 Å². The number of carboxylic acid groups (broad SMARTS) is 1. The summed E-state index contributed by atoms with van der Waals surface area (Å²) in [7, 11) is 0. The molecule has 1 aliphatic carbocycles. The number of nitrogens with zero attached hydrogens (tertiary/aromatic N) is 1. The number of rotatable bonds is 7. The van der Waals surface area contributed by atoms with Crippen molar-refractivity contribution in [1.29, 1.82) is 0 Å². The summed E-state index contributed by atoms with van der Waals surface area (Å²) in [5, 5.41) is 22.5. The van der Waals surface area contributed by atoms with Gasteiger partial charge in [0.15, 0.2) is 0 Å². The largest absolute Gasteiger partial charge is 0.478 e. The molecule has 1 saturated carbocycles. The maximum Gasteiger partial charge on any atom is 0.335 e. The van der Waals surface area contributed by atoms with E-state index in [9.17, 15) is 19.7 Å². The molecule has 0 saturated heterocycles. The molecule has 1 fully saturated rings. The lowest BCUT2D eigenvalue weighted by atomic mass is 9.88. The highest BCUT2D eigenvalue weighted by molar-refractivity contribution is 5.98. The highest BCUT2D eigenvalue weighted by Gasteiger charge is 2.22. The van der Waals surface area contributed by atoms with Gasteiger partial charge in [0.05, 0.1) is 23.2 Å². The fourth-order valence-electron chi connectivity index (χ4n) is 2.98. The molecule has 2 N–H and O–H groups in total. The number of nitro groups is 1. The van der Waals surface area contributed by atoms with Crippen molar-refractivity contribution in [2.75, 3.05) is 13.2 Å². The zero-order valence-electron chi connectivity index (χ0n) is 14.1. The van der Waals surface area contributed by atoms with E-state index in [-0.39, 0.29) is 23.8 Å². The van der Waals surface area contributed by atoms with E-state index in [0.29, 0.717) is 12.5 Å². The van der Waals surface area contributed by atoms with Crippen molar-refractivity contribution in [2.45, 2.75) is 38.7 Å². The monoisotopic (exact) mass is 350 g/mol. The first kappa shape index (κ1) is 18.9. The number of hydrogen-bond donors (Lipinski definition) is 2. The summed E-state index contributed by atoms with van der Waals surface area (Å²) >= 11 is 0. The molecule has 0 radical (unpaired) electrons. The van der Waals surface area contributed by atoms with E-state index in [1.807, 2.05) is 0 Å². The van der Waals surface area contributed by atoms with Gasteiger partial charge in [0.2, 0.25) is 0 Å². The van der Waals surface area contributed by atoms with Gasteiger partial charge in [-0.1, -0.05) is 19.8 Å². The number of carbonyl (C=O) groups excluding carboxylic acids is 1. The Bertz CT molecular complexity index is 628. The molecule has 1 aliphatic rings. The van der Waals surface area contributed by atoms with Crippen molar-refractivity contribution in [3.63, 3.8) is 0 Å². The molecular formula is C17H22N2O6. The van der Waals surface area contributed by atoms with Crippen molar-refractivity contribution < 1.29 is 24.4 Å². The van der Waals surface area contributed by atoms with E-state index < -0.39 is 22.5 Å². The van der Waals surface area contributed by atoms with Gasteiger partial charge < -0.3 is 15.2 Å². The lowest BCUT2D eigenvalue weighted by molar-refractivity contribution is -0.384. The van der Waals surface area contributed by atoms with Crippen molar-refractivity contribution >= 4 is 17.6 Å². The summed E-state index contributed by atoms with van der Waals surface area (Å²) in [5.74, 6) is -1.39. The van der Waals surface area contributed by atoms with Crippen molar-refractivity contribution in [3.05, 3.63) is 39.4 Å². The molecule has 1 amide bonds. The van der Waals surface area contributed by atoms with Crippen LogP contribution >= 0.6 is 0 Å². The molecule has 1 aromatic rings. The standard InChI is InChI=1S/C17H22N2O6/c1-11-4-2-3-5-15(11)25-7-6-18-16(20)12-8-13(17(21)22)10-14(9-12)19(23)24/h8-11,15H,2-7H2,1H3,(H,18,20)(H,21,22). The number of nitrogens with one attached hydrogen (secondary N) is 1. The van der Waals surface area contributed by atoms with E-state index >= 15 is 0 Å². The predicted molar refractivity (Wildman–Crippen MR) is 89.8 cm³/mol. The average Bonchev–Trinajstić information content (AvgIpc) is 2.59. The molecule has 2 unspecified atom stereocenters. The number of amides is 1. The van der Waals surface area contributed by atoms with Crippen molar-refractivity contribution in [3.8, 4) is 0 Å². The lowest BCUT2D eigenvalue weighted by Crippen LogP contribution is -2.31. The predicted octanol–water partition coefficient (Wildman–Crippen LogP) is 2.62. The lowest BCUT2D eigenvalue weighted by Gasteiger charge is -2.28. The fraction of sp³-hybridized carbons (Fsp3) is 0.529. The average molecular weight is 350 g/mol. The van der Waals surface area contributed by atoms with Crippen LogP contribution in [-0.2, 0) is 4.74 Å². The quantitative estimate of drug-likeness (QED) is 0.443. The Morgan fingerprint density at radius 3 is 2.60 bits per heavy atom. The molecule has 8 nitrogen and oxygen atoms in total. The third kappa shape index (κ3) is 5.25. The molecule has 1 aromatic carbocycles. The van der Waals surface area contributed by atoms with Crippen LogP contribution in [0.25, 0.3) is 0 Å². The van der Waals surface area contributed by atoms with E-state index in [0.717, 1.165) is 37.5 Å². The summed E-state index contributed by atoms with van der Waals surface area (Å²) in [5.41, 5.74) is -0.790. The Labute approximate surface area is 145 Å². The van der Waals surface area contributed by atoms with Crippen LogP contribution in [0.5, 0.6) is 0 Å². The number of hydrogen-bond acceptors (Lipinski definition) is 5. The summed E-state index contributed by atoms with van der Waals surface area (Å²) in [6.45, 7) is 2.76. The molecule has 136 valence electrons. The Kier molecular flexibility index (Phi) is 6.46. The van der Waals surface area contributed by atoms with Crippen LogP contribution in [-0.4, -0.2) is 41.2 Å². The molecule has 0 aliphatic heterocycles. The smallest absolute Gasteiger partial charge is 0.335 e. The molecule has 8 heteroatoms. The van der Waals surface area contributed by atoms with Crippen molar-refractivity contribution in [2.24, 2.45) is 5.92 Å². The SMILES string of the molecule is CC1CCCCC1OCCNC(=O)c1cc(C(=O)O)cc([N+](=O)[O-])c1. The molecule has 0 bridgehead atoms. The van der Waals surface area contributed by atoms with Crippen LogP contribution in [0.1, 0.15) is 53.3 Å². The van der Waals surface area contributed by atoms with E-state index in [1.54, 1.807) is 0 Å². The van der Waals surface area contributed by atoms with Gasteiger partial charge in [-0.3, -0.25) is 14.9 Å². The molecule has 25 heavy (non-hydrogen) atoms. The van der Waals surface area contributed by atoms with E-state index in [4.69, 9.17) is 9.84 Å². The second-order valence-electron chi connectivity index (χ2n) is 6.26. The summed E-state index contributed by atoms with van der Waals surface area (Å²) in [6.07, 6.45) is 4.72. The minimum absolute atomic E-state index is 0.0577. The summed E-state index contributed by atoms with van der Waals surface area (Å²) in [6, 6.07) is 3.10. The second kappa shape index (κ2) is 8.57. The summed E-state index contributed by atoms with van der Waals surface area (Å²) < 4.78 is 5.79. The summed E-state index contributed by atoms with van der Waals surface area (Å²) in [4.78, 5) is 33.3. The van der Waals surface area contributed by atoms with Crippen molar-refractivity contribution in [1.82, 2.24) is 5.32 Å². The van der Waals surface area contributed by atoms with Crippen LogP contribution in [0.2, 0.25) is 0 Å². The van der Waals surface area contributed by atoms with Crippen LogP contribution in [0.3, 0.4) is 0 Å². The number of carboxylic acids is 1. The van der Waals surface area contributed by atoms with Crippen LogP contribution in [0.4, 0.5) is 5.69 Å². The van der Waals surface area contributed by atoms with E-state index in [2.05, 4.69) is 12.2 Å². The maximum absolute atomic E-state index is 12.1. The van der Waals surface area contributed by atoms with Gasteiger partial charge in [0.25, 0.3) is 11.6 Å². The first-order valence-electron chi connectivity index (χ1n) is 8.31. The van der Waals surface area contributed by atoms with E-state index in [1.165, 1.54) is 6.42 Å². The first-order chi connectivity index (χ1) is 11.9. The van der Waals surface area contributed by atoms with Gasteiger partial charge in [-0.2, -0.15) is 0 Å². The van der Waals surface area contributed by atoms with Crippen LogP contribution in [0, 0.1) is 16.0 Å². The minimum Gasteiger partial charge on any atom is -0.478 e. The third-order valence-corrected chi connectivity index (χ3v) is 4.39. The Hall–Kier alpha value is -2.48.